The zero-order chi connectivity index (χ0) is 28.4. The maximum absolute atomic E-state index is 13.1. The Morgan fingerprint density at radius 3 is 2.28 bits per heavy atom. The van der Waals surface area contributed by atoms with Crippen molar-refractivity contribution in [2.45, 2.75) is 30.8 Å². The third kappa shape index (κ3) is 8.95. The van der Waals surface area contributed by atoms with Crippen LogP contribution >= 0.6 is 11.6 Å². The Labute approximate surface area is 231 Å². The lowest BCUT2D eigenvalue weighted by Crippen LogP contribution is -2.49. The second-order valence-corrected chi connectivity index (χ2v) is 10.7. The van der Waals surface area contributed by atoms with Gasteiger partial charge in [0.25, 0.3) is 15.9 Å². The van der Waals surface area contributed by atoms with Crippen LogP contribution in [0.2, 0.25) is 5.02 Å². The minimum Gasteiger partial charge on any atom is -0.484 e. The first-order chi connectivity index (χ1) is 18.6. The number of carbonyl (C=O) groups is 2. The van der Waals surface area contributed by atoms with Gasteiger partial charge in [0.15, 0.2) is 6.61 Å². The lowest BCUT2D eigenvalue weighted by atomic mass is 10.1. The molecule has 0 aliphatic heterocycles. The molecule has 3 aromatic rings. The van der Waals surface area contributed by atoms with Crippen molar-refractivity contribution < 1.29 is 32.2 Å². The standard InChI is InChI=1S/C27H29ClFN3O6S/c1-19(27(35)30-15-2-16-33)32(17-20-3-5-21(28)6-4-20)26(34)18-38-24-11-13-25(14-12-24)39(36,37)31-23-9-7-22(29)8-10-23/h3-14,19,31,33H,2,15-18H2,1H3,(H,30,35)/t19-/m0/s1. The zero-order valence-corrected chi connectivity index (χ0v) is 22.7. The highest BCUT2D eigenvalue weighted by Gasteiger charge is 2.26. The van der Waals surface area contributed by atoms with E-state index in [2.05, 4.69) is 10.0 Å². The number of aliphatic hydroxyl groups is 1. The number of nitrogens with one attached hydrogen (secondary N) is 2. The quantitative estimate of drug-likeness (QED) is 0.267. The molecule has 0 saturated heterocycles. The number of carbonyl (C=O) groups excluding carboxylic acids is 2. The molecular formula is C27H29ClFN3O6S. The summed E-state index contributed by atoms with van der Waals surface area (Å²) in [6.07, 6.45) is 0.387. The van der Waals surface area contributed by atoms with Crippen LogP contribution in [0.3, 0.4) is 0 Å². The van der Waals surface area contributed by atoms with E-state index in [0.29, 0.717) is 11.4 Å². The van der Waals surface area contributed by atoms with Crippen LogP contribution < -0.4 is 14.8 Å². The van der Waals surface area contributed by atoms with Gasteiger partial charge in [-0.2, -0.15) is 0 Å². The molecule has 0 radical (unpaired) electrons. The van der Waals surface area contributed by atoms with Gasteiger partial charge in [-0.1, -0.05) is 23.7 Å². The van der Waals surface area contributed by atoms with E-state index in [-0.39, 0.29) is 41.9 Å². The average Bonchev–Trinajstić information content (AvgIpc) is 2.92. The molecular weight excluding hydrogens is 549 g/mol. The number of sulfonamides is 1. The number of halogens is 2. The molecule has 0 aliphatic carbocycles. The lowest BCUT2D eigenvalue weighted by molar-refractivity contribution is -0.142. The summed E-state index contributed by atoms with van der Waals surface area (Å²) in [5.41, 5.74) is 0.962. The van der Waals surface area contributed by atoms with Gasteiger partial charge in [0, 0.05) is 30.4 Å². The molecule has 0 unspecified atom stereocenters. The van der Waals surface area contributed by atoms with Crippen molar-refractivity contribution in [2.75, 3.05) is 24.5 Å². The number of rotatable bonds is 13. The fourth-order valence-electron chi connectivity index (χ4n) is 3.48. The SMILES string of the molecule is C[C@@H](C(=O)NCCCO)N(Cc1ccc(Cl)cc1)C(=O)COc1ccc(S(=O)(=O)Nc2ccc(F)cc2)cc1. The highest BCUT2D eigenvalue weighted by molar-refractivity contribution is 7.92. The Balaban J connectivity index is 1.67. The second-order valence-electron chi connectivity index (χ2n) is 8.56. The largest absolute Gasteiger partial charge is 0.484 e. The van der Waals surface area contributed by atoms with Gasteiger partial charge in [0.05, 0.1) is 4.90 Å². The molecule has 3 rings (SSSR count). The van der Waals surface area contributed by atoms with E-state index in [9.17, 15) is 22.4 Å². The summed E-state index contributed by atoms with van der Waals surface area (Å²) in [5, 5.41) is 12.2. The number of aliphatic hydroxyl groups excluding tert-OH is 1. The maximum Gasteiger partial charge on any atom is 0.261 e. The van der Waals surface area contributed by atoms with Crippen LogP contribution in [0.25, 0.3) is 0 Å². The Bertz CT molecular complexity index is 1350. The van der Waals surface area contributed by atoms with Crippen LogP contribution in [0, 0.1) is 5.82 Å². The monoisotopic (exact) mass is 577 g/mol. The molecule has 0 aliphatic rings. The number of hydrogen-bond donors (Lipinski definition) is 3. The van der Waals surface area contributed by atoms with Crippen molar-refractivity contribution >= 4 is 39.1 Å². The molecule has 0 spiro atoms. The number of benzene rings is 3. The molecule has 9 nitrogen and oxygen atoms in total. The molecule has 3 N–H and O–H groups in total. The normalized spacial score (nSPS) is 11.9. The van der Waals surface area contributed by atoms with Gasteiger partial charge >= 0.3 is 0 Å². The number of nitrogens with zero attached hydrogens (tertiary/aromatic N) is 1. The van der Waals surface area contributed by atoms with Crippen LogP contribution in [-0.4, -0.2) is 56.0 Å². The Kier molecular flexibility index (Phi) is 10.7. The van der Waals surface area contributed by atoms with Gasteiger partial charge < -0.3 is 20.1 Å². The molecule has 3 aromatic carbocycles. The summed E-state index contributed by atoms with van der Waals surface area (Å²) >= 11 is 5.96. The molecule has 1 atom stereocenters. The molecule has 12 heteroatoms. The van der Waals surface area contributed by atoms with Gasteiger partial charge in [0.2, 0.25) is 5.91 Å². The molecule has 39 heavy (non-hydrogen) atoms. The molecule has 0 aromatic heterocycles. The van der Waals surface area contributed by atoms with E-state index >= 15 is 0 Å². The molecule has 0 saturated carbocycles. The molecule has 208 valence electrons. The Morgan fingerprint density at radius 1 is 1.03 bits per heavy atom. The van der Waals surface area contributed by atoms with Crippen molar-refractivity contribution in [1.82, 2.24) is 10.2 Å². The van der Waals surface area contributed by atoms with Crippen LogP contribution in [0.4, 0.5) is 10.1 Å². The highest BCUT2D eigenvalue weighted by atomic mass is 35.5. The van der Waals surface area contributed by atoms with Gasteiger partial charge in [-0.3, -0.25) is 14.3 Å². The van der Waals surface area contributed by atoms with Crippen LogP contribution in [0.5, 0.6) is 5.75 Å². The molecule has 0 bridgehead atoms. The summed E-state index contributed by atoms with van der Waals surface area (Å²) in [5.74, 6) is -1.09. The minimum absolute atomic E-state index is 0.0527. The van der Waals surface area contributed by atoms with Gasteiger partial charge in [-0.05, 0) is 79.6 Å². The topological polar surface area (TPSA) is 125 Å². The van der Waals surface area contributed by atoms with E-state index in [0.717, 1.165) is 17.7 Å². The smallest absolute Gasteiger partial charge is 0.261 e. The van der Waals surface area contributed by atoms with Gasteiger partial charge in [-0.25, -0.2) is 12.8 Å². The summed E-state index contributed by atoms with van der Waals surface area (Å²) < 4.78 is 46.3. The predicted octanol–water partition coefficient (Wildman–Crippen LogP) is 3.57. The number of amides is 2. The fourth-order valence-corrected chi connectivity index (χ4v) is 4.67. The van der Waals surface area contributed by atoms with E-state index < -0.39 is 34.4 Å². The second kappa shape index (κ2) is 13.9. The summed E-state index contributed by atoms with van der Waals surface area (Å²) in [6, 6.07) is 16.4. The Morgan fingerprint density at radius 2 is 1.67 bits per heavy atom. The maximum atomic E-state index is 13.1. The number of hydrogen-bond acceptors (Lipinski definition) is 6. The van der Waals surface area contributed by atoms with Crippen LogP contribution in [-0.2, 0) is 26.2 Å². The number of anilines is 1. The average molecular weight is 578 g/mol. The van der Waals surface area contributed by atoms with Gasteiger partial charge in [0.1, 0.15) is 17.6 Å². The predicted molar refractivity (Wildman–Crippen MR) is 145 cm³/mol. The lowest BCUT2D eigenvalue weighted by Gasteiger charge is -2.28. The third-order valence-corrected chi connectivity index (χ3v) is 7.31. The first kappa shape index (κ1) is 29.9. The summed E-state index contributed by atoms with van der Waals surface area (Å²) in [4.78, 5) is 27.1. The van der Waals surface area contributed by atoms with Crippen molar-refractivity contribution in [1.29, 1.82) is 0 Å². The molecule has 0 heterocycles. The summed E-state index contributed by atoms with van der Waals surface area (Å²) in [6.45, 7) is 1.51. The van der Waals surface area contributed by atoms with Crippen LogP contribution in [0.15, 0.2) is 77.7 Å². The van der Waals surface area contributed by atoms with E-state index in [1.807, 2.05) is 0 Å². The zero-order valence-electron chi connectivity index (χ0n) is 21.1. The fraction of sp³-hybridized carbons (Fsp3) is 0.259. The first-order valence-corrected chi connectivity index (χ1v) is 13.9. The van der Waals surface area contributed by atoms with Crippen molar-refractivity contribution in [3.05, 3.63) is 89.2 Å². The van der Waals surface area contributed by atoms with E-state index in [1.54, 1.807) is 31.2 Å². The highest BCUT2D eigenvalue weighted by Crippen LogP contribution is 2.20. The van der Waals surface area contributed by atoms with Crippen LogP contribution in [0.1, 0.15) is 18.9 Å². The van der Waals surface area contributed by atoms with Crippen molar-refractivity contribution in [2.24, 2.45) is 0 Å². The molecule has 2 amide bonds. The van der Waals surface area contributed by atoms with Crippen molar-refractivity contribution in [3.63, 3.8) is 0 Å². The van der Waals surface area contributed by atoms with E-state index in [1.165, 1.54) is 41.3 Å². The minimum atomic E-state index is -3.93. The Hall–Kier alpha value is -3.67. The van der Waals surface area contributed by atoms with E-state index in [4.69, 9.17) is 21.4 Å². The number of ether oxygens (including phenoxy) is 1. The molecule has 0 fully saturated rings. The van der Waals surface area contributed by atoms with Gasteiger partial charge in [-0.15, -0.1) is 0 Å². The first-order valence-electron chi connectivity index (χ1n) is 12.0. The van der Waals surface area contributed by atoms with Crippen molar-refractivity contribution in [3.8, 4) is 5.75 Å². The third-order valence-electron chi connectivity index (χ3n) is 5.66. The summed E-state index contributed by atoms with van der Waals surface area (Å²) in [7, 11) is -3.93.